The van der Waals surface area contributed by atoms with Gasteiger partial charge in [0.2, 0.25) is 0 Å². The minimum absolute atomic E-state index is 0.0888. The zero-order valence-electron chi connectivity index (χ0n) is 14.8. The van der Waals surface area contributed by atoms with Crippen molar-refractivity contribution in [2.45, 2.75) is 6.92 Å². The van der Waals surface area contributed by atoms with Crippen molar-refractivity contribution in [3.8, 4) is 0 Å². The van der Waals surface area contributed by atoms with Crippen LogP contribution in [-0.2, 0) is 0 Å². The second kappa shape index (κ2) is 6.06. The smallest absolute Gasteiger partial charge is 0.195 e. The van der Waals surface area contributed by atoms with Crippen LogP contribution in [0.15, 0.2) is 46.0 Å². The molecule has 0 fully saturated rings. The summed E-state index contributed by atoms with van der Waals surface area (Å²) in [6, 6.07) is 10.7. The van der Waals surface area contributed by atoms with E-state index in [1.54, 1.807) is 30.3 Å². The molecule has 28 heavy (non-hydrogen) atoms. The molecule has 2 aromatic heterocycles. The molecular formula is C21H9B3O2S2. The van der Waals surface area contributed by atoms with Gasteiger partial charge in [-0.05, 0) is 25.1 Å². The summed E-state index contributed by atoms with van der Waals surface area (Å²) in [4.78, 5) is 26.3. The van der Waals surface area contributed by atoms with Crippen LogP contribution in [0.2, 0.25) is 0 Å². The summed E-state index contributed by atoms with van der Waals surface area (Å²) in [6.07, 6.45) is 0. The first-order valence-electron chi connectivity index (χ1n) is 8.56. The third-order valence-corrected chi connectivity index (χ3v) is 7.37. The van der Waals surface area contributed by atoms with Crippen molar-refractivity contribution in [3.05, 3.63) is 62.4 Å². The predicted molar refractivity (Wildman–Crippen MR) is 126 cm³/mol. The van der Waals surface area contributed by atoms with Crippen molar-refractivity contribution in [1.29, 1.82) is 0 Å². The number of rotatable bonds is 0. The van der Waals surface area contributed by atoms with Crippen molar-refractivity contribution in [2.24, 2.45) is 0 Å². The van der Waals surface area contributed by atoms with Crippen LogP contribution in [0.1, 0.15) is 5.56 Å². The topological polar surface area (TPSA) is 34.1 Å². The SMILES string of the molecule is [B]c1ccc2sc3cc4c(=O)c5c([B])c(C)cc([B])c5sc4cc3c(=O)c2c1. The zero-order valence-corrected chi connectivity index (χ0v) is 16.5. The standard InChI is InChI=1S/C21H9B3O2S2/c1-8-4-13(23)21-17(18(8)24)20(26)12-7-15-11(6-16(12)28-21)19(25)10-5-9(22)2-3-14(10)27-15/h2-7H,1H3. The first-order chi connectivity index (χ1) is 13.3. The molecule has 0 atom stereocenters. The molecule has 0 saturated heterocycles. The van der Waals surface area contributed by atoms with Gasteiger partial charge in [-0.1, -0.05) is 40.2 Å². The average Bonchev–Trinajstić information content (AvgIpc) is 2.66. The van der Waals surface area contributed by atoms with E-state index in [1.165, 1.54) is 22.7 Å². The maximum absolute atomic E-state index is 13.2. The Morgan fingerprint density at radius 2 is 1.39 bits per heavy atom. The number of hydrogen-bond acceptors (Lipinski definition) is 4. The lowest BCUT2D eigenvalue weighted by molar-refractivity contribution is 1.56. The van der Waals surface area contributed by atoms with E-state index < -0.39 is 0 Å². The minimum atomic E-state index is -0.157. The van der Waals surface area contributed by atoms with Gasteiger partial charge in [-0.3, -0.25) is 9.59 Å². The van der Waals surface area contributed by atoms with Gasteiger partial charge in [0.1, 0.15) is 23.5 Å². The minimum Gasteiger partial charge on any atom is -0.289 e. The Kier molecular flexibility index (Phi) is 3.84. The van der Waals surface area contributed by atoms with Gasteiger partial charge >= 0.3 is 0 Å². The van der Waals surface area contributed by atoms with E-state index in [0.29, 0.717) is 47.3 Å². The van der Waals surface area contributed by atoms with E-state index in [9.17, 15) is 9.59 Å². The van der Waals surface area contributed by atoms with Crippen LogP contribution in [0.5, 0.6) is 0 Å². The molecule has 0 spiro atoms. The first-order valence-corrected chi connectivity index (χ1v) is 10.2. The molecule has 2 nitrogen and oxygen atoms in total. The van der Waals surface area contributed by atoms with Gasteiger partial charge < -0.3 is 0 Å². The zero-order chi connectivity index (χ0) is 19.7. The maximum atomic E-state index is 13.2. The van der Waals surface area contributed by atoms with Gasteiger partial charge in [0.25, 0.3) is 0 Å². The van der Waals surface area contributed by atoms with Crippen LogP contribution < -0.4 is 27.2 Å². The second-order valence-electron chi connectivity index (χ2n) is 6.86. The number of hydrogen-bond donors (Lipinski definition) is 0. The van der Waals surface area contributed by atoms with Crippen molar-refractivity contribution < 1.29 is 0 Å². The first kappa shape index (κ1) is 17.7. The fourth-order valence-corrected chi connectivity index (χ4v) is 5.79. The summed E-state index contributed by atoms with van der Waals surface area (Å²) in [7, 11) is 18.2. The van der Waals surface area contributed by atoms with Gasteiger partial charge in [-0.15, -0.1) is 22.7 Å². The highest BCUT2D eigenvalue weighted by molar-refractivity contribution is 7.26. The molecule has 3 aromatic carbocycles. The Hall–Kier alpha value is -2.37. The Labute approximate surface area is 172 Å². The number of benzene rings is 3. The summed E-state index contributed by atoms with van der Waals surface area (Å²) in [5.41, 5.74) is 2.05. The molecule has 126 valence electrons. The maximum Gasteiger partial charge on any atom is 0.195 e. The van der Waals surface area contributed by atoms with E-state index in [2.05, 4.69) is 0 Å². The van der Waals surface area contributed by atoms with E-state index in [4.69, 9.17) is 23.5 Å². The molecule has 2 heterocycles. The largest absolute Gasteiger partial charge is 0.289 e. The Morgan fingerprint density at radius 1 is 0.750 bits per heavy atom. The van der Waals surface area contributed by atoms with Crippen LogP contribution >= 0.6 is 22.7 Å². The van der Waals surface area contributed by atoms with Crippen molar-refractivity contribution in [3.63, 3.8) is 0 Å². The summed E-state index contributed by atoms with van der Waals surface area (Å²) in [5.74, 6) is 0. The van der Waals surface area contributed by atoms with Crippen LogP contribution in [0.25, 0.3) is 40.3 Å². The monoisotopic (exact) mass is 390 g/mol. The quantitative estimate of drug-likeness (QED) is 0.299. The second-order valence-corrected chi connectivity index (χ2v) is 9.00. The van der Waals surface area contributed by atoms with Crippen LogP contribution in [0.4, 0.5) is 0 Å². The average molecular weight is 390 g/mol. The fourth-order valence-electron chi connectivity index (χ4n) is 3.58. The van der Waals surface area contributed by atoms with Gasteiger partial charge in [0.15, 0.2) is 10.9 Å². The lowest BCUT2D eigenvalue weighted by Gasteiger charge is -2.11. The van der Waals surface area contributed by atoms with E-state index in [-0.39, 0.29) is 10.9 Å². The molecule has 0 aliphatic carbocycles. The lowest BCUT2D eigenvalue weighted by atomic mass is 9.82. The van der Waals surface area contributed by atoms with Crippen LogP contribution in [-0.4, -0.2) is 23.5 Å². The molecule has 0 saturated carbocycles. The third kappa shape index (κ3) is 2.43. The predicted octanol–water partition coefficient (Wildman–Crippen LogP) is 1.83. The Balaban J connectivity index is 2.02. The molecule has 0 aliphatic heterocycles. The number of aryl methyl sites for hydroxylation is 1. The molecule has 0 amide bonds. The van der Waals surface area contributed by atoms with E-state index in [0.717, 1.165) is 15.0 Å². The van der Waals surface area contributed by atoms with Crippen molar-refractivity contribution in [1.82, 2.24) is 0 Å². The Morgan fingerprint density at radius 3 is 2.14 bits per heavy atom. The molecule has 0 N–H and O–H groups in total. The van der Waals surface area contributed by atoms with Gasteiger partial charge in [-0.2, -0.15) is 0 Å². The highest BCUT2D eigenvalue weighted by Gasteiger charge is 2.14. The van der Waals surface area contributed by atoms with Gasteiger partial charge in [0, 0.05) is 40.3 Å². The van der Waals surface area contributed by atoms with Gasteiger partial charge in [-0.25, -0.2) is 0 Å². The summed E-state index contributed by atoms with van der Waals surface area (Å²) < 4.78 is 2.97. The summed E-state index contributed by atoms with van der Waals surface area (Å²) >= 11 is 2.85. The van der Waals surface area contributed by atoms with Crippen LogP contribution in [0, 0.1) is 6.92 Å². The molecular weight excluding hydrogens is 381 g/mol. The highest BCUT2D eigenvalue weighted by atomic mass is 32.1. The number of fused-ring (bicyclic) bond motifs is 4. The normalized spacial score (nSPS) is 11.8. The van der Waals surface area contributed by atoms with Crippen LogP contribution in [0.3, 0.4) is 0 Å². The molecule has 6 radical (unpaired) electrons. The molecule has 5 rings (SSSR count). The van der Waals surface area contributed by atoms with Crippen molar-refractivity contribution in [2.75, 3.05) is 0 Å². The Bertz CT molecular complexity index is 1600. The highest BCUT2D eigenvalue weighted by Crippen LogP contribution is 2.30. The summed E-state index contributed by atoms with van der Waals surface area (Å²) in [5, 5.41) is 2.16. The summed E-state index contributed by atoms with van der Waals surface area (Å²) in [6.45, 7) is 1.84. The molecule has 0 bridgehead atoms. The van der Waals surface area contributed by atoms with E-state index in [1.807, 2.05) is 13.0 Å². The molecule has 5 aromatic rings. The lowest BCUT2D eigenvalue weighted by Crippen LogP contribution is -2.22. The van der Waals surface area contributed by atoms with Crippen molar-refractivity contribution >= 4 is 103 Å². The third-order valence-electron chi connectivity index (χ3n) is 5.03. The molecule has 7 heteroatoms. The molecule has 0 unspecified atom stereocenters. The fraction of sp³-hybridized carbons (Fsp3) is 0.0476. The van der Waals surface area contributed by atoms with Gasteiger partial charge in [0.05, 0.1) is 0 Å². The van der Waals surface area contributed by atoms with E-state index >= 15 is 0 Å². The molecule has 0 aliphatic rings.